The summed E-state index contributed by atoms with van der Waals surface area (Å²) in [6.07, 6.45) is 1.48. The van der Waals surface area contributed by atoms with Gasteiger partial charge in [0.25, 0.3) is 5.91 Å². The van der Waals surface area contributed by atoms with Gasteiger partial charge in [-0.2, -0.15) is 0 Å². The van der Waals surface area contributed by atoms with Gasteiger partial charge in [-0.1, -0.05) is 0 Å². The summed E-state index contributed by atoms with van der Waals surface area (Å²) in [5.74, 6) is -0.872. The minimum atomic E-state index is -0.490. The van der Waals surface area contributed by atoms with E-state index in [0.29, 0.717) is 24.1 Å². The molecule has 0 saturated carbocycles. The number of nitrogens with one attached hydrogen (secondary N) is 2. The molecular weight excluding hydrogens is 235 g/mol. The first-order chi connectivity index (χ1) is 8.58. The summed E-state index contributed by atoms with van der Waals surface area (Å²) in [4.78, 5) is 23.5. The van der Waals surface area contributed by atoms with E-state index in [9.17, 15) is 14.0 Å². The largest absolute Gasteiger partial charge is 0.354 e. The first-order valence-electron chi connectivity index (χ1n) is 5.92. The Hall–Kier alpha value is -1.91. The number of carbonyl (C=O) groups excluding carboxylic acids is 2. The van der Waals surface area contributed by atoms with Crippen molar-refractivity contribution in [3.8, 4) is 0 Å². The lowest BCUT2D eigenvalue weighted by Gasteiger charge is -2.23. The van der Waals surface area contributed by atoms with Crippen LogP contribution in [0.3, 0.4) is 0 Å². The van der Waals surface area contributed by atoms with E-state index in [-0.39, 0.29) is 17.6 Å². The summed E-state index contributed by atoms with van der Waals surface area (Å²) in [7, 11) is 0. The number of rotatable bonds is 2. The Morgan fingerprint density at radius 2 is 2.28 bits per heavy atom. The lowest BCUT2D eigenvalue weighted by atomic mass is 10.0. The second kappa shape index (κ2) is 5.16. The molecule has 1 unspecified atom stereocenters. The van der Waals surface area contributed by atoms with Gasteiger partial charge in [-0.05, 0) is 43.5 Å². The van der Waals surface area contributed by atoms with Gasteiger partial charge in [0.2, 0.25) is 5.91 Å². The predicted molar refractivity (Wildman–Crippen MR) is 64.6 cm³/mol. The van der Waals surface area contributed by atoms with Gasteiger partial charge < -0.3 is 10.6 Å². The van der Waals surface area contributed by atoms with Crippen molar-refractivity contribution in [1.82, 2.24) is 10.6 Å². The second-order valence-corrected chi connectivity index (χ2v) is 4.42. The molecule has 1 heterocycles. The van der Waals surface area contributed by atoms with Crippen LogP contribution in [0.2, 0.25) is 0 Å². The van der Waals surface area contributed by atoms with Crippen LogP contribution in [0.4, 0.5) is 4.39 Å². The first-order valence-corrected chi connectivity index (χ1v) is 5.92. The van der Waals surface area contributed by atoms with E-state index in [2.05, 4.69) is 10.6 Å². The molecule has 1 fully saturated rings. The summed E-state index contributed by atoms with van der Waals surface area (Å²) in [6.45, 7) is 2.32. The molecule has 96 valence electrons. The maximum Gasteiger partial charge on any atom is 0.252 e. The Morgan fingerprint density at radius 3 is 2.94 bits per heavy atom. The van der Waals surface area contributed by atoms with E-state index >= 15 is 0 Å². The van der Waals surface area contributed by atoms with Gasteiger partial charge in [0, 0.05) is 12.1 Å². The molecule has 1 aromatic carbocycles. The summed E-state index contributed by atoms with van der Waals surface area (Å²) >= 11 is 0. The van der Waals surface area contributed by atoms with Crippen molar-refractivity contribution in [1.29, 1.82) is 0 Å². The molecule has 1 aliphatic heterocycles. The zero-order chi connectivity index (χ0) is 13.1. The van der Waals surface area contributed by atoms with Crippen LogP contribution in [0, 0.1) is 12.7 Å². The molecule has 2 rings (SSSR count). The number of carbonyl (C=O) groups is 2. The smallest absolute Gasteiger partial charge is 0.252 e. The van der Waals surface area contributed by atoms with E-state index in [4.69, 9.17) is 0 Å². The molecule has 0 radical (unpaired) electrons. The highest BCUT2D eigenvalue weighted by Gasteiger charge is 2.24. The third kappa shape index (κ3) is 2.67. The quantitative estimate of drug-likeness (QED) is 0.827. The normalized spacial score (nSPS) is 19.2. The molecule has 1 atom stereocenters. The van der Waals surface area contributed by atoms with Gasteiger partial charge in [-0.15, -0.1) is 0 Å². The monoisotopic (exact) mass is 250 g/mol. The average Bonchev–Trinajstić information content (AvgIpc) is 2.32. The molecule has 0 aliphatic carbocycles. The number of hydrogen-bond acceptors (Lipinski definition) is 2. The highest BCUT2D eigenvalue weighted by atomic mass is 19.1. The molecule has 1 aliphatic rings. The van der Waals surface area contributed by atoms with Crippen molar-refractivity contribution in [3.63, 3.8) is 0 Å². The standard InChI is InChI=1S/C13H15FN2O2/c1-8-7-9(14)4-5-10(8)12(17)16-11-3-2-6-15-13(11)18/h4-5,7,11H,2-3,6H2,1H3,(H,15,18)(H,16,17). The summed E-state index contributed by atoms with van der Waals surface area (Å²) in [5, 5.41) is 5.37. The third-order valence-electron chi connectivity index (χ3n) is 3.02. The second-order valence-electron chi connectivity index (χ2n) is 4.42. The number of amides is 2. The van der Waals surface area contributed by atoms with Crippen molar-refractivity contribution in [2.45, 2.75) is 25.8 Å². The van der Waals surface area contributed by atoms with Crippen LogP contribution >= 0.6 is 0 Å². The molecule has 5 heteroatoms. The van der Waals surface area contributed by atoms with Crippen LogP contribution in [-0.4, -0.2) is 24.4 Å². The topological polar surface area (TPSA) is 58.2 Å². The molecule has 0 aromatic heterocycles. The maximum absolute atomic E-state index is 12.9. The van der Waals surface area contributed by atoms with Gasteiger partial charge in [0.15, 0.2) is 0 Å². The Morgan fingerprint density at radius 1 is 1.50 bits per heavy atom. The van der Waals surface area contributed by atoms with Crippen LogP contribution in [0.15, 0.2) is 18.2 Å². The minimum absolute atomic E-state index is 0.158. The van der Waals surface area contributed by atoms with Crippen molar-refractivity contribution in [3.05, 3.63) is 35.1 Å². The highest BCUT2D eigenvalue weighted by Crippen LogP contribution is 2.11. The van der Waals surface area contributed by atoms with Crippen LogP contribution in [-0.2, 0) is 4.79 Å². The number of benzene rings is 1. The van der Waals surface area contributed by atoms with Crippen molar-refractivity contribution >= 4 is 11.8 Å². The molecule has 18 heavy (non-hydrogen) atoms. The lowest BCUT2D eigenvalue weighted by molar-refractivity contribution is -0.124. The fourth-order valence-electron chi connectivity index (χ4n) is 2.03. The van der Waals surface area contributed by atoms with E-state index in [1.165, 1.54) is 18.2 Å². The molecular formula is C13H15FN2O2. The average molecular weight is 250 g/mol. The van der Waals surface area contributed by atoms with Crippen molar-refractivity contribution in [2.24, 2.45) is 0 Å². The Bertz CT molecular complexity index is 488. The zero-order valence-corrected chi connectivity index (χ0v) is 10.1. The van der Waals surface area contributed by atoms with Crippen molar-refractivity contribution in [2.75, 3.05) is 6.54 Å². The molecule has 0 spiro atoms. The summed E-state index contributed by atoms with van der Waals surface area (Å²) < 4.78 is 12.9. The Kier molecular flexibility index (Phi) is 3.60. The fourth-order valence-corrected chi connectivity index (χ4v) is 2.03. The Labute approximate surface area is 105 Å². The van der Waals surface area contributed by atoms with E-state index < -0.39 is 6.04 Å². The Balaban J connectivity index is 2.09. The van der Waals surface area contributed by atoms with Gasteiger partial charge in [-0.25, -0.2) is 4.39 Å². The van der Waals surface area contributed by atoms with Gasteiger partial charge >= 0.3 is 0 Å². The molecule has 2 amide bonds. The van der Waals surface area contributed by atoms with Crippen LogP contribution in [0.25, 0.3) is 0 Å². The highest BCUT2D eigenvalue weighted by molar-refractivity contribution is 5.98. The van der Waals surface area contributed by atoms with Crippen LogP contribution in [0.1, 0.15) is 28.8 Å². The number of piperidine rings is 1. The van der Waals surface area contributed by atoms with E-state index in [1.54, 1.807) is 6.92 Å². The van der Waals surface area contributed by atoms with E-state index in [0.717, 1.165) is 6.42 Å². The maximum atomic E-state index is 12.9. The molecule has 1 saturated heterocycles. The van der Waals surface area contributed by atoms with Gasteiger partial charge in [0.1, 0.15) is 11.9 Å². The minimum Gasteiger partial charge on any atom is -0.354 e. The summed E-state index contributed by atoms with van der Waals surface area (Å²) in [6, 6.07) is 3.48. The zero-order valence-electron chi connectivity index (χ0n) is 10.1. The lowest BCUT2D eigenvalue weighted by Crippen LogP contribution is -2.50. The SMILES string of the molecule is Cc1cc(F)ccc1C(=O)NC1CCCNC1=O. The first kappa shape index (κ1) is 12.5. The number of aryl methyl sites for hydroxylation is 1. The summed E-state index contributed by atoms with van der Waals surface area (Å²) in [5.41, 5.74) is 0.957. The molecule has 4 nitrogen and oxygen atoms in total. The fraction of sp³-hybridized carbons (Fsp3) is 0.385. The van der Waals surface area contributed by atoms with Crippen molar-refractivity contribution < 1.29 is 14.0 Å². The predicted octanol–water partition coefficient (Wildman–Crippen LogP) is 1.14. The molecule has 2 N–H and O–H groups in total. The van der Waals surface area contributed by atoms with E-state index in [1.807, 2.05) is 0 Å². The van der Waals surface area contributed by atoms with Gasteiger partial charge in [-0.3, -0.25) is 9.59 Å². The van der Waals surface area contributed by atoms with Gasteiger partial charge in [0.05, 0.1) is 0 Å². The molecule has 1 aromatic rings. The molecule has 0 bridgehead atoms. The van der Waals surface area contributed by atoms with Crippen LogP contribution < -0.4 is 10.6 Å². The third-order valence-corrected chi connectivity index (χ3v) is 3.02. The number of halogens is 1. The van der Waals surface area contributed by atoms with Crippen LogP contribution in [0.5, 0.6) is 0 Å². The number of hydrogen-bond donors (Lipinski definition) is 2.